The molecule has 0 saturated heterocycles. The van der Waals surface area contributed by atoms with Gasteiger partial charge in [0.1, 0.15) is 11.4 Å². The summed E-state index contributed by atoms with van der Waals surface area (Å²) in [7, 11) is -3.93. The van der Waals surface area contributed by atoms with E-state index in [2.05, 4.69) is 14.7 Å². The number of aromatic nitrogens is 3. The number of carbonyl (C=O) groups is 1. The maximum Gasteiger partial charge on any atom is 0.339 e. The van der Waals surface area contributed by atoms with Crippen LogP contribution in [0.25, 0.3) is 0 Å². The van der Waals surface area contributed by atoms with Crippen LogP contribution in [0.3, 0.4) is 0 Å². The van der Waals surface area contributed by atoms with Crippen LogP contribution in [0, 0.1) is 13.8 Å². The topological polar surface area (TPSA) is 117 Å². The fourth-order valence-corrected chi connectivity index (χ4v) is 3.08. The van der Waals surface area contributed by atoms with Gasteiger partial charge in [-0.05, 0) is 20.8 Å². The van der Waals surface area contributed by atoms with Crippen molar-refractivity contribution < 1.29 is 18.3 Å². The Morgan fingerprint density at radius 2 is 2.14 bits per heavy atom. The number of aromatic carboxylic acids is 1. The number of hydrogen-bond donors (Lipinski definition) is 3. The number of nitrogens with one attached hydrogen (secondary N) is 2. The molecule has 0 bridgehead atoms. The first kappa shape index (κ1) is 15.1. The van der Waals surface area contributed by atoms with Crippen LogP contribution in [0.4, 0.5) is 5.69 Å². The number of aromatic amines is 1. The van der Waals surface area contributed by atoms with Gasteiger partial charge < -0.3 is 14.7 Å². The maximum absolute atomic E-state index is 12.3. The minimum atomic E-state index is -3.93. The molecule has 0 radical (unpaired) electrons. The average molecular weight is 312 g/mol. The lowest BCUT2D eigenvalue weighted by atomic mass is 10.2. The highest BCUT2D eigenvalue weighted by atomic mass is 32.2. The number of carboxylic acids is 1. The van der Waals surface area contributed by atoms with Crippen LogP contribution >= 0.6 is 0 Å². The van der Waals surface area contributed by atoms with Crippen molar-refractivity contribution in [2.75, 3.05) is 4.72 Å². The highest BCUT2D eigenvalue weighted by molar-refractivity contribution is 7.92. The van der Waals surface area contributed by atoms with Gasteiger partial charge in [-0.25, -0.2) is 9.78 Å². The zero-order chi connectivity index (χ0) is 15.8. The fourth-order valence-electron chi connectivity index (χ4n) is 2.01. The largest absolute Gasteiger partial charge is 0.478 e. The summed E-state index contributed by atoms with van der Waals surface area (Å²) in [5.41, 5.74) is 0.254. The first-order chi connectivity index (χ1) is 9.76. The minimum Gasteiger partial charge on any atom is -0.478 e. The van der Waals surface area contributed by atoms with E-state index in [9.17, 15) is 13.2 Å². The van der Waals surface area contributed by atoms with E-state index in [1.165, 1.54) is 12.4 Å². The third-order valence-electron chi connectivity index (χ3n) is 3.11. The molecule has 0 aliphatic rings. The number of sulfonamides is 1. The first-order valence-electron chi connectivity index (χ1n) is 6.24. The third-order valence-corrected chi connectivity index (χ3v) is 4.34. The van der Waals surface area contributed by atoms with Gasteiger partial charge in [0.05, 0.1) is 5.69 Å². The molecular formula is C12H16N4O4S. The number of rotatable bonds is 5. The second kappa shape index (κ2) is 5.24. The number of H-pyrrole nitrogens is 1. The van der Waals surface area contributed by atoms with Gasteiger partial charge in [-0.2, -0.15) is 8.42 Å². The summed E-state index contributed by atoms with van der Waals surface area (Å²) in [6, 6.07) is 0. The SMILES string of the molecule is CCn1cc(S(=O)(=O)Nc2c[nH]c(C)c2C(=O)O)nc1C. The highest BCUT2D eigenvalue weighted by Crippen LogP contribution is 2.22. The molecule has 0 spiro atoms. The van der Waals surface area contributed by atoms with Gasteiger partial charge in [0.2, 0.25) is 0 Å². The Labute approximate surface area is 121 Å². The van der Waals surface area contributed by atoms with Crippen molar-refractivity contribution in [1.82, 2.24) is 14.5 Å². The molecule has 0 amide bonds. The molecule has 114 valence electrons. The lowest BCUT2D eigenvalue weighted by molar-refractivity contribution is 0.0697. The van der Waals surface area contributed by atoms with Gasteiger partial charge in [-0.1, -0.05) is 0 Å². The summed E-state index contributed by atoms with van der Waals surface area (Å²) in [4.78, 5) is 17.8. The van der Waals surface area contributed by atoms with Crippen molar-refractivity contribution in [3.05, 3.63) is 29.5 Å². The van der Waals surface area contributed by atoms with Crippen molar-refractivity contribution in [3.8, 4) is 0 Å². The average Bonchev–Trinajstić information content (AvgIpc) is 2.92. The Morgan fingerprint density at radius 1 is 1.48 bits per heavy atom. The van der Waals surface area contributed by atoms with E-state index in [1.54, 1.807) is 18.4 Å². The Hall–Kier alpha value is -2.29. The second-order valence-electron chi connectivity index (χ2n) is 4.53. The molecule has 2 rings (SSSR count). The summed E-state index contributed by atoms with van der Waals surface area (Å²) in [5.74, 6) is -0.636. The Bertz CT molecular complexity index is 788. The van der Waals surface area contributed by atoms with Gasteiger partial charge >= 0.3 is 5.97 Å². The van der Waals surface area contributed by atoms with E-state index in [0.717, 1.165) is 0 Å². The maximum atomic E-state index is 12.3. The summed E-state index contributed by atoms with van der Waals surface area (Å²) in [6.45, 7) is 5.72. The van der Waals surface area contributed by atoms with Crippen LogP contribution in [0.5, 0.6) is 0 Å². The monoisotopic (exact) mass is 312 g/mol. The number of hydrogen-bond acceptors (Lipinski definition) is 4. The third kappa shape index (κ3) is 2.77. The number of anilines is 1. The van der Waals surface area contributed by atoms with Crippen molar-refractivity contribution in [2.24, 2.45) is 0 Å². The molecule has 0 aromatic carbocycles. The molecule has 0 aliphatic heterocycles. The molecule has 0 atom stereocenters. The molecule has 0 saturated carbocycles. The first-order valence-corrected chi connectivity index (χ1v) is 7.72. The van der Waals surface area contributed by atoms with Crippen molar-refractivity contribution >= 4 is 21.7 Å². The van der Waals surface area contributed by atoms with Crippen LogP contribution in [0.1, 0.15) is 28.8 Å². The molecule has 2 heterocycles. The summed E-state index contributed by atoms with van der Waals surface area (Å²) >= 11 is 0. The Morgan fingerprint density at radius 3 is 2.67 bits per heavy atom. The van der Waals surface area contributed by atoms with Gasteiger partial charge in [-0.3, -0.25) is 4.72 Å². The van der Waals surface area contributed by atoms with Crippen LogP contribution in [0.15, 0.2) is 17.4 Å². The van der Waals surface area contributed by atoms with Crippen LogP contribution in [0.2, 0.25) is 0 Å². The van der Waals surface area contributed by atoms with Crippen LogP contribution in [-0.2, 0) is 16.6 Å². The quantitative estimate of drug-likeness (QED) is 0.770. The number of imidazole rings is 1. The van der Waals surface area contributed by atoms with Gasteiger partial charge in [-0.15, -0.1) is 0 Å². The number of nitrogens with zero attached hydrogens (tertiary/aromatic N) is 2. The zero-order valence-electron chi connectivity index (χ0n) is 11.8. The molecule has 3 N–H and O–H groups in total. The fraction of sp³-hybridized carbons (Fsp3) is 0.333. The molecule has 2 aromatic heterocycles. The van der Waals surface area contributed by atoms with Crippen molar-refractivity contribution in [2.45, 2.75) is 32.3 Å². The Kier molecular flexibility index (Phi) is 3.77. The molecule has 0 unspecified atom stereocenters. The molecular weight excluding hydrogens is 296 g/mol. The summed E-state index contributed by atoms with van der Waals surface area (Å²) in [6.07, 6.45) is 2.72. The van der Waals surface area contributed by atoms with E-state index in [-0.39, 0.29) is 16.3 Å². The highest BCUT2D eigenvalue weighted by Gasteiger charge is 2.23. The van der Waals surface area contributed by atoms with Gasteiger partial charge in [0.15, 0.2) is 5.03 Å². The summed E-state index contributed by atoms with van der Waals surface area (Å²) < 4.78 is 28.5. The normalized spacial score (nSPS) is 11.6. The van der Waals surface area contributed by atoms with Crippen LogP contribution in [-0.4, -0.2) is 34.0 Å². The van der Waals surface area contributed by atoms with E-state index in [4.69, 9.17) is 5.11 Å². The molecule has 0 fully saturated rings. The van der Waals surface area contributed by atoms with Crippen molar-refractivity contribution in [1.29, 1.82) is 0 Å². The molecule has 2 aromatic rings. The van der Waals surface area contributed by atoms with E-state index >= 15 is 0 Å². The predicted octanol–water partition coefficient (Wildman–Crippen LogP) is 1.35. The Balaban J connectivity index is 2.40. The van der Waals surface area contributed by atoms with Crippen molar-refractivity contribution in [3.63, 3.8) is 0 Å². The minimum absolute atomic E-state index is 0.0105. The van der Waals surface area contributed by atoms with E-state index in [0.29, 0.717) is 18.1 Å². The zero-order valence-corrected chi connectivity index (χ0v) is 12.7. The number of aryl methyl sites for hydroxylation is 3. The van der Waals surface area contributed by atoms with E-state index < -0.39 is 16.0 Å². The standard InChI is InChI=1S/C12H16N4O4S/c1-4-16-6-10(14-8(16)3)21(19,20)15-9-5-13-7(2)11(9)12(17)18/h5-6,13,15H,4H2,1-3H3,(H,17,18). The second-order valence-corrected chi connectivity index (χ2v) is 6.15. The lowest BCUT2D eigenvalue weighted by Crippen LogP contribution is -2.15. The summed E-state index contributed by atoms with van der Waals surface area (Å²) in [5, 5.41) is 8.97. The van der Waals surface area contributed by atoms with Crippen LogP contribution < -0.4 is 4.72 Å². The molecule has 0 aliphatic carbocycles. The number of carboxylic acid groups (broad SMARTS) is 1. The smallest absolute Gasteiger partial charge is 0.339 e. The molecule has 8 nitrogen and oxygen atoms in total. The molecule has 9 heteroatoms. The molecule has 21 heavy (non-hydrogen) atoms. The van der Waals surface area contributed by atoms with E-state index in [1.807, 2.05) is 6.92 Å². The lowest BCUT2D eigenvalue weighted by Gasteiger charge is -2.05. The van der Waals surface area contributed by atoms with Gasteiger partial charge in [0.25, 0.3) is 10.0 Å². The van der Waals surface area contributed by atoms with Gasteiger partial charge in [0, 0.05) is 24.6 Å². The predicted molar refractivity (Wildman–Crippen MR) is 75.9 cm³/mol.